The summed E-state index contributed by atoms with van der Waals surface area (Å²) in [4.78, 5) is 16.6. The number of aryl methyl sites for hydroxylation is 2. The molecule has 0 saturated carbocycles. The molecular formula is C26H27NO4. The van der Waals surface area contributed by atoms with Gasteiger partial charge in [-0.15, -0.1) is 0 Å². The van der Waals surface area contributed by atoms with E-state index in [0.717, 1.165) is 35.4 Å². The van der Waals surface area contributed by atoms with Crippen molar-refractivity contribution in [3.8, 4) is 28.4 Å². The Morgan fingerprint density at radius 2 is 1.81 bits per heavy atom. The first-order valence-electron chi connectivity index (χ1n) is 10.7. The molecule has 160 valence electrons. The maximum atomic E-state index is 11.7. The van der Waals surface area contributed by atoms with E-state index in [9.17, 15) is 4.79 Å². The summed E-state index contributed by atoms with van der Waals surface area (Å²) >= 11 is 0. The molecule has 0 saturated heterocycles. The molecule has 0 aliphatic heterocycles. The molecule has 2 aromatic carbocycles. The van der Waals surface area contributed by atoms with E-state index >= 15 is 0 Å². The second-order valence-electron chi connectivity index (χ2n) is 7.61. The molecule has 0 atom stereocenters. The zero-order valence-corrected chi connectivity index (χ0v) is 18.2. The molecule has 1 aliphatic carbocycles. The van der Waals surface area contributed by atoms with Crippen LogP contribution in [0, 0.1) is 6.92 Å². The van der Waals surface area contributed by atoms with Gasteiger partial charge in [0.25, 0.3) is 0 Å². The van der Waals surface area contributed by atoms with Gasteiger partial charge in [0.15, 0.2) is 0 Å². The summed E-state index contributed by atoms with van der Waals surface area (Å²) in [6.07, 6.45) is 4.40. The molecular weight excluding hydrogens is 390 g/mol. The van der Waals surface area contributed by atoms with Gasteiger partial charge in [0.05, 0.1) is 19.3 Å². The summed E-state index contributed by atoms with van der Waals surface area (Å²) in [5, 5.41) is 0. The summed E-state index contributed by atoms with van der Waals surface area (Å²) < 4.78 is 16.9. The first-order chi connectivity index (χ1) is 15.1. The summed E-state index contributed by atoms with van der Waals surface area (Å²) in [6, 6.07) is 14.9. The number of methoxy groups -OCH3 is 1. The number of aromatic nitrogens is 1. The lowest BCUT2D eigenvalue weighted by Gasteiger charge is -2.23. The minimum absolute atomic E-state index is 0.389. The first kappa shape index (κ1) is 20.9. The van der Waals surface area contributed by atoms with Gasteiger partial charge in [-0.25, -0.2) is 4.79 Å². The fourth-order valence-electron chi connectivity index (χ4n) is 4.10. The minimum atomic E-state index is -0.389. The minimum Gasteiger partial charge on any atom is -0.493 e. The highest BCUT2D eigenvalue weighted by Gasteiger charge is 2.22. The van der Waals surface area contributed by atoms with E-state index in [1.807, 2.05) is 37.3 Å². The third kappa shape index (κ3) is 4.41. The lowest BCUT2D eigenvalue weighted by Crippen LogP contribution is -2.11. The maximum absolute atomic E-state index is 11.7. The molecule has 1 aromatic heterocycles. The van der Waals surface area contributed by atoms with E-state index in [-0.39, 0.29) is 5.97 Å². The van der Waals surface area contributed by atoms with Gasteiger partial charge >= 0.3 is 5.97 Å². The van der Waals surface area contributed by atoms with Crippen molar-refractivity contribution in [3.05, 3.63) is 71.0 Å². The van der Waals surface area contributed by atoms with Gasteiger partial charge in [-0.3, -0.25) is 4.98 Å². The second kappa shape index (κ2) is 9.21. The fraction of sp³-hybridized carbons (Fsp3) is 0.308. The highest BCUT2D eigenvalue weighted by molar-refractivity contribution is 5.89. The fourth-order valence-corrected chi connectivity index (χ4v) is 4.10. The van der Waals surface area contributed by atoms with E-state index < -0.39 is 0 Å². The van der Waals surface area contributed by atoms with E-state index in [0.29, 0.717) is 23.7 Å². The topological polar surface area (TPSA) is 57.7 Å². The number of rotatable bonds is 6. The first-order valence-corrected chi connectivity index (χ1v) is 10.7. The van der Waals surface area contributed by atoms with Crippen molar-refractivity contribution in [2.24, 2.45) is 0 Å². The van der Waals surface area contributed by atoms with Crippen LogP contribution in [0.3, 0.4) is 0 Å². The van der Waals surface area contributed by atoms with Crippen LogP contribution in [0.25, 0.3) is 11.1 Å². The zero-order valence-electron chi connectivity index (χ0n) is 18.2. The van der Waals surface area contributed by atoms with Gasteiger partial charge in [-0.2, -0.15) is 0 Å². The van der Waals surface area contributed by atoms with Crippen molar-refractivity contribution in [2.45, 2.75) is 39.5 Å². The molecule has 0 bridgehead atoms. The Bertz CT molecular complexity index is 1090. The number of hydrogen-bond acceptors (Lipinski definition) is 5. The van der Waals surface area contributed by atoms with E-state index in [1.54, 1.807) is 18.2 Å². The van der Waals surface area contributed by atoms with Gasteiger partial charge in [-0.1, -0.05) is 18.2 Å². The van der Waals surface area contributed by atoms with Crippen molar-refractivity contribution >= 4 is 5.97 Å². The zero-order chi connectivity index (χ0) is 21.8. The third-order valence-corrected chi connectivity index (χ3v) is 5.53. The van der Waals surface area contributed by atoms with Crippen molar-refractivity contribution < 1.29 is 19.0 Å². The monoisotopic (exact) mass is 417 g/mol. The second-order valence-corrected chi connectivity index (χ2v) is 7.61. The van der Waals surface area contributed by atoms with Gasteiger partial charge in [-0.05, 0) is 75.4 Å². The van der Waals surface area contributed by atoms with Crippen LogP contribution in [0.2, 0.25) is 0 Å². The van der Waals surface area contributed by atoms with E-state index in [2.05, 4.69) is 6.92 Å². The van der Waals surface area contributed by atoms with Gasteiger partial charge in [0, 0.05) is 22.5 Å². The highest BCUT2D eigenvalue weighted by atomic mass is 16.5. The van der Waals surface area contributed by atoms with Crippen LogP contribution in [0.15, 0.2) is 48.5 Å². The molecule has 5 heteroatoms. The predicted octanol–water partition coefficient (Wildman–Crippen LogP) is 5.91. The number of carbonyl (C=O) groups excluding carboxylic acids is 1. The molecule has 1 heterocycles. The van der Waals surface area contributed by atoms with Crippen LogP contribution in [0.1, 0.15) is 47.1 Å². The van der Waals surface area contributed by atoms with Crippen molar-refractivity contribution in [1.29, 1.82) is 0 Å². The smallest absolute Gasteiger partial charge is 0.337 e. The molecule has 0 N–H and O–H groups in total. The van der Waals surface area contributed by atoms with Crippen LogP contribution < -0.4 is 9.47 Å². The highest BCUT2D eigenvalue weighted by Crippen LogP contribution is 2.40. The predicted molar refractivity (Wildman–Crippen MR) is 120 cm³/mol. The van der Waals surface area contributed by atoms with Crippen molar-refractivity contribution in [1.82, 2.24) is 4.98 Å². The Balaban J connectivity index is 1.64. The summed E-state index contributed by atoms with van der Waals surface area (Å²) in [5.74, 6) is 1.85. The largest absolute Gasteiger partial charge is 0.493 e. The Kier molecular flexibility index (Phi) is 6.21. The van der Waals surface area contributed by atoms with E-state index in [1.165, 1.54) is 31.2 Å². The van der Waals surface area contributed by atoms with Crippen LogP contribution >= 0.6 is 0 Å². The van der Waals surface area contributed by atoms with Gasteiger partial charge in [0.1, 0.15) is 17.2 Å². The molecule has 0 fully saturated rings. The molecule has 3 aromatic rings. The van der Waals surface area contributed by atoms with Gasteiger partial charge < -0.3 is 14.2 Å². The van der Waals surface area contributed by atoms with Crippen LogP contribution in [0.5, 0.6) is 17.2 Å². The average Bonchev–Trinajstić information content (AvgIpc) is 2.80. The molecule has 0 spiro atoms. The van der Waals surface area contributed by atoms with Crippen molar-refractivity contribution in [3.63, 3.8) is 0 Å². The molecule has 0 amide bonds. The number of carbonyl (C=O) groups is 1. The number of pyridine rings is 1. The third-order valence-electron chi connectivity index (χ3n) is 5.53. The SMILES string of the molecule is CCOc1c2c(nc(C)c1-c1ccc(Oc3cccc(C(=O)OC)c3)cc1)CCCC2. The Morgan fingerprint density at radius 3 is 2.55 bits per heavy atom. The van der Waals surface area contributed by atoms with E-state index in [4.69, 9.17) is 19.2 Å². The number of benzene rings is 2. The number of esters is 1. The molecule has 31 heavy (non-hydrogen) atoms. The number of nitrogens with zero attached hydrogens (tertiary/aromatic N) is 1. The van der Waals surface area contributed by atoms with Crippen LogP contribution in [0.4, 0.5) is 0 Å². The molecule has 0 unspecified atom stereocenters. The Morgan fingerprint density at radius 1 is 1.03 bits per heavy atom. The molecule has 5 nitrogen and oxygen atoms in total. The number of fused-ring (bicyclic) bond motifs is 1. The van der Waals surface area contributed by atoms with Crippen molar-refractivity contribution in [2.75, 3.05) is 13.7 Å². The van der Waals surface area contributed by atoms with Crippen LogP contribution in [-0.4, -0.2) is 24.7 Å². The summed E-state index contributed by atoms with van der Waals surface area (Å²) in [7, 11) is 1.36. The van der Waals surface area contributed by atoms with Crippen LogP contribution in [-0.2, 0) is 17.6 Å². The maximum Gasteiger partial charge on any atom is 0.337 e. The molecule has 1 aliphatic rings. The Hall–Kier alpha value is -3.34. The molecule has 0 radical (unpaired) electrons. The lowest BCUT2D eigenvalue weighted by atomic mass is 9.91. The van der Waals surface area contributed by atoms with Gasteiger partial charge in [0.2, 0.25) is 0 Å². The number of ether oxygens (including phenoxy) is 3. The molecule has 4 rings (SSSR count). The summed E-state index contributed by atoms with van der Waals surface area (Å²) in [6.45, 7) is 4.70. The standard InChI is InChI=1S/C26H27NO4/c1-4-30-25-22-10-5-6-11-23(22)27-17(2)24(25)18-12-14-20(15-13-18)31-21-9-7-8-19(16-21)26(28)29-3/h7-9,12-16H,4-6,10-11H2,1-3H3. The lowest BCUT2D eigenvalue weighted by molar-refractivity contribution is 0.0600. The average molecular weight is 418 g/mol. The normalized spacial score (nSPS) is 12.7. The quantitative estimate of drug-likeness (QED) is 0.467. The Labute approximate surface area is 183 Å². The summed E-state index contributed by atoms with van der Waals surface area (Å²) in [5.41, 5.74) is 5.99. The number of hydrogen-bond donors (Lipinski definition) is 0.